The Morgan fingerprint density at radius 2 is 1.75 bits per heavy atom. The van der Waals surface area contributed by atoms with E-state index in [1.165, 1.54) is 19.1 Å². The number of carboxylic acid groups (broad SMARTS) is 2. The van der Waals surface area contributed by atoms with Crippen molar-refractivity contribution in [3.63, 3.8) is 0 Å². The van der Waals surface area contributed by atoms with E-state index < -0.39 is 34.5 Å². The van der Waals surface area contributed by atoms with Gasteiger partial charge in [-0.15, -0.1) is 0 Å². The molecular weight excluding hydrogens is 318 g/mol. The molecule has 1 atom stereocenters. The van der Waals surface area contributed by atoms with Crippen LogP contribution >= 0.6 is 0 Å². The Morgan fingerprint density at radius 3 is 2.21 bits per heavy atom. The summed E-state index contributed by atoms with van der Waals surface area (Å²) in [6.07, 6.45) is 2.03. The standard InChI is InChI=1S/C16H13NO7/c1-9-6-11(14(19)20)8-16(7-9,15(21)22)13(18)10-2-4-12(5-3-10)17(23)24/h2-7H,8H2,1H3,(H,19,20)(H,21,22). The molecule has 1 aromatic carbocycles. The van der Waals surface area contributed by atoms with E-state index in [2.05, 4.69) is 0 Å². The molecule has 0 saturated carbocycles. The second-order valence-corrected chi connectivity index (χ2v) is 5.45. The fourth-order valence-electron chi connectivity index (χ4n) is 2.62. The van der Waals surface area contributed by atoms with Crippen LogP contribution in [0.15, 0.2) is 47.6 Å². The molecule has 1 aliphatic rings. The van der Waals surface area contributed by atoms with E-state index in [0.29, 0.717) is 5.57 Å². The van der Waals surface area contributed by atoms with Crippen molar-refractivity contribution in [2.75, 3.05) is 0 Å². The van der Waals surface area contributed by atoms with Crippen LogP contribution in [0, 0.1) is 15.5 Å². The maximum Gasteiger partial charge on any atom is 0.331 e. The number of carboxylic acids is 2. The number of carbonyl (C=O) groups is 3. The van der Waals surface area contributed by atoms with Crippen molar-refractivity contribution in [1.82, 2.24) is 0 Å². The number of benzene rings is 1. The van der Waals surface area contributed by atoms with Gasteiger partial charge in [0.25, 0.3) is 5.69 Å². The average molecular weight is 331 g/mol. The molecule has 0 saturated heterocycles. The normalized spacial score (nSPS) is 19.9. The summed E-state index contributed by atoms with van der Waals surface area (Å²) >= 11 is 0. The highest BCUT2D eigenvalue weighted by atomic mass is 16.6. The fraction of sp³-hybridized carbons (Fsp3) is 0.188. The zero-order valence-corrected chi connectivity index (χ0v) is 12.6. The van der Waals surface area contributed by atoms with Gasteiger partial charge in [0.2, 0.25) is 0 Å². The number of ketones is 1. The molecule has 0 heterocycles. The number of nitrogens with zero attached hydrogens (tertiary/aromatic N) is 1. The molecule has 0 fully saturated rings. The molecule has 0 aromatic heterocycles. The van der Waals surface area contributed by atoms with Gasteiger partial charge in [-0.3, -0.25) is 19.7 Å². The topological polar surface area (TPSA) is 135 Å². The lowest BCUT2D eigenvalue weighted by atomic mass is 9.71. The lowest BCUT2D eigenvalue weighted by molar-refractivity contribution is -0.384. The van der Waals surface area contributed by atoms with Crippen molar-refractivity contribution in [1.29, 1.82) is 0 Å². The maximum absolute atomic E-state index is 12.7. The minimum absolute atomic E-state index is 0.0429. The van der Waals surface area contributed by atoms with E-state index in [1.54, 1.807) is 0 Å². The van der Waals surface area contributed by atoms with E-state index in [-0.39, 0.29) is 16.8 Å². The Morgan fingerprint density at radius 1 is 1.17 bits per heavy atom. The van der Waals surface area contributed by atoms with Gasteiger partial charge >= 0.3 is 11.9 Å². The van der Waals surface area contributed by atoms with Gasteiger partial charge in [-0.05, 0) is 25.1 Å². The number of nitro benzene ring substituents is 1. The largest absolute Gasteiger partial charge is 0.480 e. The molecule has 0 aliphatic heterocycles. The third-order valence-electron chi connectivity index (χ3n) is 3.75. The summed E-state index contributed by atoms with van der Waals surface area (Å²) in [4.78, 5) is 45.8. The third-order valence-corrected chi connectivity index (χ3v) is 3.75. The minimum atomic E-state index is -2.05. The number of Topliss-reactive ketones (excluding diaryl/α,β-unsaturated/α-hetero) is 1. The second kappa shape index (κ2) is 6.07. The van der Waals surface area contributed by atoms with Crippen molar-refractivity contribution in [3.8, 4) is 0 Å². The zero-order chi connectivity index (χ0) is 18.1. The van der Waals surface area contributed by atoms with Crippen LogP contribution in [0.4, 0.5) is 5.69 Å². The SMILES string of the molecule is CC1=CC(C(=O)O)(C(=O)c2ccc([N+](=O)[O-])cc2)CC(C(=O)O)=C1. The zero-order valence-electron chi connectivity index (χ0n) is 12.6. The van der Waals surface area contributed by atoms with Crippen LogP contribution in [0.3, 0.4) is 0 Å². The van der Waals surface area contributed by atoms with Crippen LogP contribution in [0.1, 0.15) is 23.7 Å². The average Bonchev–Trinajstić information content (AvgIpc) is 2.53. The molecule has 24 heavy (non-hydrogen) atoms. The fourth-order valence-corrected chi connectivity index (χ4v) is 2.62. The number of carbonyl (C=O) groups excluding carboxylic acids is 1. The first-order valence-electron chi connectivity index (χ1n) is 6.83. The quantitative estimate of drug-likeness (QED) is 0.365. The minimum Gasteiger partial charge on any atom is -0.480 e. The summed E-state index contributed by atoms with van der Waals surface area (Å²) in [6.45, 7) is 1.50. The van der Waals surface area contributed by atoms with E-state index in [1.807, 2.05) is 0 Å². The molecule has 8 heteroatoms. The molecule has 124 valence electrons. The van der Waals surface area contributed by atoms with E-state index in [0.717, 1.165) is 24.3 Å². The van der Waals surface area contributed by atoms with Crippen LogP contribution < -0.4 is 0 Å². The van der Waals surface area contributed by atoms with Crippen LogP contribution in [0.5, 0.6) is 0 Å². The van der Waals surface area contributed by atoms with Gasteiger partial charge in [-0.2, -0.15) is 0 Å². The van der Waals surface area contributed by atoms with Crippen LogP contribution in [-0.4, -0.2) is 32.9 Å². The van der Waals surface area contributed by atoms with Gasteiger partial charge in [0.15, 0.2) is 11.2 Å². The molecule has 0 radical (unpaired) electrons. The lowest BCUT2D eigenvalue weighted by Gasteiger charge is -2.28. The number of non-ortho nitro benzene ring substituents is 1. The highest BCUT2D eigenvalue weighted by Gasteiger charge is 2.47. The number of hydrogen-bond donors (Lipinski definition) is 2. The van der Waals surface area contributed by atoms with Gasteiger partial charge in [0.1, 0.15) is 0 Å². The predicted octanol–water partition coefficient (Wildman–Crippen LogP) is 2.21. The van der Waals surface area contributed by atoms with Crippen molar-refractivity contribution in [3.05, 3.63) is 63.2 Å². The molecule has 1 aromatic rings. The number of rotatable bonds is 5. The van der Waals surface area contributed by atoms with Crippen LogP contribution in [0.2, 0.25) is 0 Å². The van der Waals surface area contributed by atoms with Crippen molar-refractivity contribution < 1.29 is 29.5 Å². The van der Waals surface area contributed by atoms with Crippen molar-refractivity contribution in [2.45, 2.75) is 13.3 Å². The molecule has 0 spiro atoms. The molecule has 2 rings (SSSR count). The summed E-state index contributed by atoms with van der Waals surface area (Å²) in [5.41, 5.74) is -2.18. The third kappa shape index (κ3) is 2.94. The first-order valence-corrected chi connectivity index (χ1v) is 6.83. The summed E-state index contributed by atoms with van der Waals surface area (Å²) in [7, 11) is 0. The Labute approximate surface area is 135 Å². The van der Waals surface area contributed by atoms with Crippen molar-refractivity contribution in [2.24, 2.45) is 5.41 Å². The number of hydrogen-bond acceptors (Lipinski definition) is 5. The monoisotopic (exact) mass is 331 g/mol. The van der Waals surface area contributed by atoms with E-state index in [9.17, 15) is 29.6 Å². The lowest BCUT2D eigenvalue weighted by Crippen LogP contribution is -2.40. The van der Waals surface area contributed by atoms with Gasteiger partial charge in [0.05, 0.1) is 4.92 Å². The Balaban J connectivity index is 2.50. The molecule has 0 amide bonds. The van der Waals surface area contributed by atoms with E-state index in [4.69, 9.17) is 5.11 Å². The number of nitro groups is 1. The number of aliphatic carboxylic acids is 2. The highest BCUT2D eigenvalue weighted by molar-refractivity contribution is 6.15. The molecular formula is C16H13NO7. The second-order valence-electron chi connectivity index (χ2n) is 5.45. The molecule has 0 bridgehead atoms. The van der Waals surface area contributed by atoms with Gasteiger partial charge in [-0.1, -0.05) is 11.6 Å². The Kier molecular flexibility index (Phi) is 4.32. The maximum atomic E-state index is 12.7. The molecule has 1 aliphatic carbocycles. The Hall–Kier alpha value is -3.29. The summed E-state index contributed by atoms with van der Waals surface area (Å²) < 4.78 is 0. The highest BCUT2D eigenvalue weighted by Crippen LogP contribution is 2.38. The van der Waals surface area contributed by atoms with E-state index >= 15 is 0 Å². The Bertz CT molecular complexity index is 804. The first kappa shape index (κ1) is 17.1. The summed E-state index contributed by atoms with van der Waals surface area (Å²) in [6, 6.07) is 4.51. The summed E-state index contributed by atoms with van der Waals surface area (Å²) in [5.74, 6) is -3.60. The molecule has 8 nitrogen and oxygen atoms in total. The van der Waals surface area contributed by atoms with Gasteiger partial charge in [0, 0.05) is 29.7 Å². The van der Waals surface area contributed by atoms with Crippen molar-refractivity contribution >= 4 is 23.4 Å². The molecule has 1 unspecified atom stereocenters. The smallest absolute Gasteiger partial charge is 0.331 e. The number of allylic oxidation sites excluding steroid dienone is 2. The van der Waals surface area contributed by atoms with Crippen LogP contribution in [-0.2, 0) is 9.59 Å². The predicted molar refractivity (Wildman–Crippen MR) is 81.6 cm³/mol. The first-order chi connectivity index (χ1) is 11.2. The van der Waals surface area contributed by atoms with Gasteiger partial charge in [-0.25, -0.2) is 4.79 Å². The van der Waals surface area contributed by atoms with Crippen LogP contribution in [0.25, 0.3) is 0 Å². The van der Waals surface area contributed by atoms with Gasteiger partial charge < -0.3 is 10.2 Å². The molecule has 2 N–H and O–H groups in total. The summed E-state index contributed by atoms with van der Waals surface area (Å²) in [5, 5.41) is 29.4.